The number of carbonyl (C=O) groups is 1. The molecule has 0 aliphatic heterocycles. The summed E-state index contributed by atoms with van der Waals surface area (Å²) in [5.74, 6) is -0.933. The first-order valence-corrected chi connectivity index (χ1v) is 7.24. The Balaban J connectivity index is 1.99. The topological polar surface area (TPSA) is 55.1 Å². The van der Waals surface area contributed by atoms with E-state index in [0.717, 1.165) is 33.1 Å². The van der Waals surface area contributed by atoms with Gasteiger partial charge in [0.2, 0.25) is 0 Å². The Labute approximate surface area is 132 Å². The highest BCUT2D eigenvalue weighted by atomic mass is 16.4. The van der Waals surface area contributed by atoms with Crippen molar-refractivity contribution in [2.24, 2.45) is 7.05 Å². The lowest BCUT2D eigenvalue weighted by atomic mass is 10.1. The van der Waals surface area contributed by atoms with E-state index in [1.165, 1.54) is 0 Å². The number of hydrogen-bond acceptors (Lipinski definition) is 2. The first kappa shape index (κ1) is 13.5. The lowest BCUT2D eigenvalue weighted by Gasteiger charge is -2.02. The SMILES string of the molecule is Cn1cc(-c2[c]cc3ccccc3n2)c2cc(C(=O)O)ccc21. The average Bonchev–Trinajstić information content (AvgIpc) is 2.91. The summed E-state index contributed by atoms with van der Waals surface area (Å²) in [6, 6.07) is 18.1. The molecule has 4 rings (SSSR count). The van der Waals surface area contributed by atoms with Crippen LogP contribution in [0.15, 0.2) is 54.7 Å². The fourth-order valence-corrected chi connectivity index (χ4v) is 2.86. The van der Waals surface area contributed by atoms with Crippen molar-refractivity contribution in [3.8, 4) is 11.3 Å². The number of aromatic nitrogens is 2. The third kappa shape index (κ3) is 2.16. The van der Waals surface area contributed by atoms with Gasteiger partial charge in [-0.25, -0.2) is 9.78 Å². The molecule has 0 aliphatic rings. The lowest BCUT2D eigenvalue weighted by Crippen LogP contribution is -1.95. The molecule has 0 saturated carbocycles. The molecule has 0 unspecified atom stereocenters. The molecule has 111 valence electrons. The molecule has 0 saturated heterocycles. The molecule has 4 heteroatoms. The van der Waals surface area contributed by atoms with E-state index in [2.05, 4.69) is 11.1 Å². The van der Waals surface area contributed by atoms with Gasteiger partial charge in [-0.2, -0.15) is 0 Å². The van der Waals surface area contributed by atoms with Gasteiger partial charge >= 0.3 is 5.97 Å². The average molecular weight is 301 g/mol. The molecule has 0 fully saturated rings. The molecule has 0 aliphatic carbocycles. The molecule has 0 atom stereocenters. The van der Waals surface area contributed by atoms with Crippen LogP contribution < -0.4 is 0 Å². The zero-order valence-electron chi connectivity index (χ0n) is 12.4. The van der Waals surface area contributed by atoms with Crippen molar-refractivity contribution in [1.29, 1.82) is 0 Å². The zero-order valence-corrected chi connectivity index (χ0v) is 12.4. The predicted molar refractivity (Wildman–Crippen MR) is 89.5 cm³/mol. The number of para-hydroxylation sites is 1. The number of nitrogens with zero attached hydrogens (tertiary/aromatic N) is 2. The van der Waals surface area contributed by atoms with Crippen molar-refractivity contribution < 1.29 is 9.90 Å². The number of carboxylic acids is 1. The highest BCUT2D eigenvalue weighted by molar-refractivity contribution is 6.00. The Kier molecular flexibility index (Phi) is 2.91. The van der Waals surface area contributed by atoms with Crippen LogP contribution in [-0.4, -0.2) is 20.6 Å². The van der Waals surface area contributed by atoms with Crippen LogP contribution in [0.5, 0.6) is 0 Å². The Hall–Kier alpha value is -3.14. The number of aryl methyl sites for hydroxylation is 1. The number of hydrogen-bond donors (Lipinski definition) is 1. The second-order valence-corrected chi connectivity index (χ2v) is 5.50. The fraction of sp³-hybridized carbons (Fsp3) is 0.0526. The van der Waals surface area contributed by atoms with Gasteiger partial charge < -0.3 is 9.67 Å². The summed E-state index contributed by atoms with van der Waals surface area (Å²) in [7, 11) is 1.94. The van der Waals surface area contributed by atoms with Crippen molar-refractivity contribution in [3.63, 3.8) is 0 Å². The largest absolute Gasteiger partial charge is 0.478 e. The first-order chi connectivity index (χ1) is 11.1. The summed E-state index contributed by atoms with van der Waals surface area (Å²) in [5, 5.41) is 11.1. The molecule has 0 spiro atoms. The first-order valence-electron chi connectivity index (χ1n) is 7.24. The van der Waals surface area contributed by atoms with Crippen LogP contribution in [-0.2, 0) is 7.05 Å². The maximum Gasteiger partial charge on any atom is 0.335 e. The van der Waals surface area contributed by atoms with E-state index in [-0.39, 0.29) is 5.56 Å². The predicted octanol–water partition coefficient (Wildman–Crippen LogP) is 3.89. The number of fused-ring (bicyclic) bond motifs is 2. The van der Waals surface area contributed by atoms with Gasteiger partial charge in [0, 0.05) is 41.2 Å². The minimum Gasteiger partial charge on any atom is -0.478 e. The van der Waals surface area contributed by atoms with Crippen molar-refractivity contribution in [1.82, 2.24) is 9.55 Å². The monoisotopic (exact) mass is 301 g/mol. The van der Waals surface area contributed by atoms with Gasteiger partial charge in [0.25, 0.3) is 0 Å². The standard InChI is InChI=1S/C19H13N2O2/c1-21-11-15(14-10-13(19(22)23)7-9-18(14)21)17-8-6-12-4-2-3-5-16(12)20-17/h2-7,9-11H,1H3,(H,22,23). The molecule has 4 nitrogen and oxygen atoms in total. The summed E-state index contributed by atoms with van der Waals surface area (Å²) in [5.41, 5.74) is 3.74. The minimum atomic E-state index is -0.933. The number of benzene rings is 2. The van der Waals surface area contributed by atoms with E-state index < -0.39 is 5.97 Å². The number of carboxylic acid groups (broad SMARTS) is 1. The minimum absolute atomic E-state index is 0.269. The van der Waals surface area contributed by atoms with Crippen LogP contribution in [0.2, 0.25) is 0 Å². The lowest BCUT2D eigenvalue weighted by molar-refractivity contribution is 0.0697. The molecular formula is C19H13N2O2. The quantitative estimate of drug-likeness (QED) is 0.611. The van der Waals surface area contributed by atoms with Crippen LogP contribution in [0.3, 0.4) is 0 Å². The van der Waals surface area contributed by atoms with E-state index in [0.29, 0.717) is 0 Å². The summed E-state index contributed by atoms with van der Waals surface area (Å²) >= 11 is 0. The van der Waals surface area contributed by atoms with Gasteiger partial charge in [-0.05, 0) is 30.3 Å². The summed E-state index contributed by atoms with van der Waals surface area (Å²) in [6.07, 6.45) is 1.96. The van der Waals surface area contributed by atoms with E-state index in [1.807, 2.05) is 54.2 Å². The van der Waals surface area contributed by atoms with Crippen LogP contribution >= 0.6 is 0 Å². The zero-order chi connectivity index (χ0) is 16.0. The van der Waals surface area contributed by atoms with E-state index in [1.54, 1.807) is 12.1 Å². The van der Waals surface area contributed by atoms with Crippen LogP contribution in [0, 0.1) is 6.07 Å². The van der Waals surface area contributed by atoms with E-state index in [4.69, 9.17) is 0 Å². The molecule has 2 aromatic carbocycles. The Morgan fingerprint density at radius 3 is 2.87 bits per heavy atom. The normalized spacial score (nSPS) is 11.2. The van der Waals surface area contributed by atoms with Gasteiger partial charge in [0.15, 0.2) is 0 Å². The van der Waals surface area contributed by atoms with Crippen LogP contribution in [0.1, 0.15) is 10.4 Å². The highest BCUT2D eigenvalue weighted by Gasteiger charge is 2.13. The maximum atomic E-state index is 11.2. The van der Waals surface area contributed by atoms with Crippen LogP contribution in [0.4, 0.5) is 0 Å². The van der Waals surface area contributed by atoms with Crippen LogP contribution in [0.25, 0.3) is 33.1 Å². The molecule has 0 amide bonds. The van der Waals surface area contributed by atoms with Gasteiger partial charge in [-0.1, -0.05) is 18.2 Å². The Bertz CT molecular complexity index is 1060. The molecule has 2 heterocycles. The second-order valence-electron chi connectivity index (χ2n) is 5.50. The Morgan fingerprint density at radius 1 is 1.22 bits per heavy atom. The number of aromatic carboxylic acids is 1. The van der Waals surface area contributed by atoms with Gasteiger partial charge in [-0.15, -0.1) is 0 Å². The number of pyridine rings is 1. The van der Waals surface area contributed by atoms with Gasteiger partial charge in [-0.3, -0.25) is 0 Å². The van der Waals surface area contributed by atoms with Crippen molar-refractivity contribution in [3.05, 3.63) is 66.4 Å². The summed E-state index contributed by atoms with van der Waals surface area (Å²) in [4.78, 5) is 15.9. The van der Waals surface area contributed by atoms with Crippen molar-refractivity contribution >= 4 is 27.8 Å². The molecular weight excluding hydrogens is 288 g/mol. The maximum absolute atomic E-state index is 11.2. The smallest absolute Gasteiger partial charge is 0.335 e. The van der Waals surface area contributed by atoms with Crippen molar-refractivity contribution in [2.75, 3.05) is 0 Å². The van der Waals surface area contributed by atoms with E-state index >= 15 is 0 Å². The van der Waals surface area contributed by atoms with Gasteiger partial charge in [0.1, 0.15) is 0 Å². The molecule has 23 heavy (non-hydrogen) atoms. The fourth-order valence-electron chi connectivity index (χ4n) is 2.86. The molecule has 1 N–H and O–H groups in total. The number of rotatable bonds is 2. The molecule has 0 bridgehead atoms. The van der Waals surface area contributed by atoms with Crippen molar-refractivity contribution in [2.45, 2.75) is 0 Å². The third-order valence-corrected chi connectivity index (χ3v) is 4.02. The third-order valence-electron chi connectivity index (χ3n) is 4.02. The second kappa shape index (κ2) is 4.95. The molecule has 4 aromatic rings. The van der Waals surface area contributed by atoms with E-state index in [9.17, 15) is 9.90 Å². The molecule has 2 aromatic heterocycles. The Morgan fingerprint density at radius 2 is 2.04 bits per heavy atom. The highest BCUT2D eigenvalue weighted by Crippen LogP contribution is 2.30. The summed E-state index contributed by atoms with van der Waals surface area (Å²) < 4.78 is 1.97. The summed E-state index contributed by atoms with van der Waals surface area (Å²) in [6.45, 7) is 0. The van der Waals surface area contributed by atoms with Gasteiger partial charge in [0.05, 0.1) is 16.8 Å². The molecule has 1 radical (unpaired) electrons.